The van der Waals surface area contributed by atoms with E-state index >= 15 is 0 Å². The Morgan fingerprint density at radius 1 is 1.26 bits per heavy atom. The second-order valence-electron chi connectivity index (χ2n) is 6.85. The molecule has 0 spiro atoms. The van der Waals surface area contributed by atoms with Crippen LogP contribution in [0, 0.1) is 5.92 Å². The Morgan fingerprint density at radius 2 is 2.09 bits per heavy atom. The van der Waals surface area contributed by atoms with Crippen molar-refractivity contribution in [2.75, 3.05) is 6.54 Å². The highest BCUT2D eigenvalue weighted by Crippen LogP contribution is 2.35. The van der Waals surface area contributed by atoms with Crippen LogP contribution in [-0.2, 0) is 13.0 Å². The molecule has 5 nitrogen and oxygen atoms in total. The Bertz CT molecular complexity index is 751. The van der Waals surface area contributed by atoms with Gasteiger partial charge in [-0.3, -0.25) is 9.69 Å². The van der Waals surface area contributed by atoms with Crippen LogP contribution in [0.4, 0.5) is 0 Å². The van der Waals surface area contributed by atoms with Gasteiger partial charge in [0, 0.05) is 18.7 Å². The molecule has 23 heavy (non-hydrogen) atoms. The van der Waals surface area contributed by atoms with Crippen molar-refractivity contribution in [2.45, 2.75) is 64.5 Å². The van der Waals surface area contributed by atoms with Crippen LogP contribution in [0.3, 0.4) is 0 Å². The summed E-state index contributed by atoms with van der Waals surface area (Å²) in [5, 5.41) is 5.30. The summed E-state index contributed by atoms with van der Waals surface area (Å²) in [7, 11) is 0. The molecule has 0 bridgehead atoms. The molecule has 1 aliphatic carbocycles. The number of likely N-dealkylation sites (tertiary alicyclic amines) is 1. The Hall–Kier alpha value is -1.27. The SMILES string of the molecule is CCc1nn2c(=O)cc(CN3CCC[C@H]4CCCC[C@@H]43)nc2s1. The zero-order chi connectivity index (χ0) is 15.8. The molecule has 124 valence electrons. The summed E-state index contributed by atoms with van der Waals surface area (Å²) in [4.78, 5) is 20.3. The number of fused-ring (bicyclic) bond motifs is 2. The molecule has 4 rings (SSSR count). The Balaban J connectivity index is 1.60. The van der Waals surface area contributed by atoms with Gasteiger partial charge < -0.3 is 0 Å². The van der Waals surface area contributed by atoms with Crippen LogP contribution in [0.25, 0.3) is 4.96 Å². The minimum absolute atomic E-state index is 0.0434. The van der Waals surface area contributed by atoms with Gasteiger partial charge in [0.2, 0.25) is 4.96 Å². The number of piperidine rings is 1. The fourth-order valence-corrected chi connectivity index (χ4v) is 5.11. The van der Waals surface area contributed by atoms with E-state index in [4.69, 9.17) is 4.98 Å². The van der Waals surface area contributed by atoms with Crippen molar-refractivity contribution in [3.63, 3.8) is 0 Å². The van der Waals surface area contributed by atoms with E-state index in [0.717, 1.165) is 41.1 Å². The summed E-state index contributed by atoms with van der Waals surface area (Å²) in [6.07, 6.45) is 8.94. The lowest BCUT2D eigenvalue weighted by Crippen LogP contribution is -2.46. The summed E-state index contributed by atoms with van der Waals surface area (Å²) in [6.45, 7) is 4.01. The number of aryl methyl sites for hydroxylation is 1. The zero-order valence-electron chi connectivity index (χ0n) is 13.7. The standard InChI is InChI=1S/C17H24N4OS/c1-2-15-19-21-16(22)10-13(18-17(21)23-15)11-20-9-5-7-12-6-3-4-8-14(12)20/h10,12,14H,2-9,11H2,1H3/t12-,14+/m1/s1. The first-order valence-electron chi connectivity index (χ1n) is 8.87. The van der Waals surface area contributed by atoms with E-state index in [9.17, 15) is 4.79 Å². The summed E-state index contributed by atoms with van der Waals surface area (Å²) < 4.78 is 1.45. The summed E-state index contributed by atoms with van der Waals surface area (Å²) in [6, 6.07) is 2.38. The van der Waals surface area contributed by atoms with E-state index in [1.807, 2.05) is 0 Å². The maximum atomic E-state index is 12.3. The average molecular weight is 332 g/mol. The van der Waals surface area contributed by atoms with E-state index in [2.05, 4.69) is 16.9 Å². The molecule has 0 aromatic carbocycles. The highest BCUT2D eigenvalue weighted by molar-refractivity contribution is 7.16. The summed E-state index contributed by atoms with van der Waals surface area (Å²) in [5.41, 5.74) is 0.866. The number of rotatable bonds is 3. The monoisotopic (exact) mass is 332 g/mol. The third-order valence-corrected chi connectivity index (χ3v) is 6.42. The van der Waals surface area contributed by atoms with Crippen LogP contribution in [0.5, 0.6) is 0 Å². The fourth-order valence-electron chi connectivity index (χ4n) is 4.25. The van der Waals surface area contributed by atoms with Gasteiger partial charge in [0.1, 0.15) is 5.01 Å². The molecule has 2 fully saturated rings. The smallest absolute Gasteiger partial charge is 0.275 e. The van der Waals surface area contributed by atoms with Gasteiger partial charge in [-0.05, 0) is 44.6 Å². The lowest BCUT2D eigenvalue weighted by molar-refractivity contribution is 0.0537. The van der Waals surface area contributed by atoms with Crippen LogP contribution in [0.1, 0.15) is 56.2 Å². The van der Waals surface area contributed by atoms with Crippen molar-refractivity contribution in [2.24, 2.45) is 5.92 Å². The predicted molar refractivity (Wildman–Crippen MR) is 91.9 cm³/mol. The van der Waals surface area contributed by atoms with Gasteiger partial charge in [-0.2, -0.15) is 9.61 Å². The van der Waals surface area contributed by atoms with Gasteiger partial charge in [0.15, 0.2) is 0 Å². The van der Waals surface area contributed by atoms with Crippen molar-refractivity contribution < 1.29 is 0 Å². The molecule has 0 radical (unpaired) electrons. The predicted octanol–water partition coefficient (Wildman–Crippen LogP) is 2.87. The zero-order valence-corrected chi connectivity index (χ0v) is 14.5. The van der Waals surface area contributed by atoms with Crippen molar-refractivity contribution in [3.8, 4) is 0 Å². The van der Waals surface area contributed by atoms with E-state index in [-0.39, 0.29) is 5.56 Å². The number of hydrogen-bond donors (Lipinski definition) is 0. The summed E-state index contributed by atoms with van der Waals surface area (Å²) in [5.74, 6) is 0.859. The third kappa shape index (κ3) is 2.94. The van der Waals surface area contributed by atoms with Gasteiger partial charge in [-0.15, -0.1) is 0 Å². The first-order chi connectivity index (χ1) is 11.2. The molecule has 0 amide bonds. The van der Waals surface area contributed by atoms with Crippen LogP contribution in [0.2, 0.25) is 0 Å². The van der Waals surface area contributed by atoms with Crippen molar-refractivity contribution >= 4 is 16.3 Å². The molecule has 6 heteroatoms. The lowest BCUT2D eigenvalue weighted by Gasteiger charge is -2.44. The maximum absolute atomic E-state index is 12.3. The quantitative estimate of drug-likeness (QED) is 0.867. The number of aromatic nitrogens is 3. The van der Waals surface area contributed by atoms with E-state index in [0.29, 0.717) is 6.04 Å². The molecule has 1 aliphatic heterocycles. The normalized spacial score (nSPS) is 25.6. The molecule has 0 unspecified atom stereocenters. The second-order valence-corrected chi connectivity index (χ2v) is 7.89. The van der Waals surface area contributed by atoms with E-state index in [1.54, 1.807) is 6.07 Å². The first-order valence-corrected chi connectivity index (χ1v) is 9.69. The van der Waals surface area contributed by atoms with Crippen molar-refractivity contribution in [1.29, 1.82) is 0 Å². The highest BCUT2D eigenvalue weighted by atomic mass is 32.1. The molecule has 2 aliphatic rings. The molecule has 0 N–H and O–H groups in total. The molecule has 3 heterocycles. The average Bonchev–Trinajstić information content (AvgIpc) is 2.99. The van der Waals surface area contributed by atoms with Crippen molar-refractivity contribution in [1.82, 2.24) is 19.5 Å². The molecular formula is C17H24N4OS. The van der Waals surface area contributed by atoms with Crippen LogP contribution in [0.15, 0.2) is 10.9 Å². The number of hydrogen-bond acceptors (Lipinski definition) is 5. The minimum atomic E-state index is -0.0434. The van der Waals surface area contributed by atoms with E-state index in [1.165, 1.54) is 54.4 Å². The first kappa shape index (κ1) is 15.3. The summed E-state index contributed by atoms with van der Waals surface area (Å²) >= 11 is 1.53. The highest BCUT2D eigenvalue weighted by Gasteiger charge is 2.33. The second kappa shape index (κ2) is 6.32. The largest absolute Gasteiger partial charge is 0.294 e. The maximum Gasteiger partial charge on any atom is 0.275 e. The van der Waals surface area contributed by atoms with Crippen LogP contribution in [-0.4, -0.2) is 32.1 Å². The number of nitrogens with zero attached hydrogens (tertiary/aromatic N) is 4. The molecular weight excluding hydrogens is 308 g/mol. The van der Waals surface area contributed by atoms with Crippen molar-refractivity contribution in [3.05, 3.63) is 27.1 Å². The Kier molecular flexibility index (Phi) is 4.20. The molecule has 2 atom stereocenters. The fraction of sp³-hybridized carbons (Fsp3) is 0.706. The molecule has 1 saturated heterocycles. The molecule has 1 saturated carbocycles. The van der Waals surface area contributed by atoms with Gasteiger partial charge in [-0.1, -0.05) is 31.1 Å². The van der Waals surface area contributed by atoms with Gasteiger partial charge >= 0.3 is 0 Å². The third-order valence-electron chi connectivity index (χ3n) is 5.37. The molecule has 2 aromatic heterocycles. The Labute approximate surface area is 140 Å². The topological polar surface area (TPSA) is 50.5 Å². The van der Waals surface area contributed by atoms with Gasteiger partial charge in [0.05, 0.1) is 5.69 Å². The minimum Gasteiger partial charge on any atom is -0.294 e. The van der Waals surface area contributed by atoms with E-state index < -0.39 is 0 Å². The lowest BCUT2D eigenvalue weighted by atomic mass is 9.78. The van der Waals surface area contributed by atoms with Gasteiger partial charge in [0.25, 0.3) is 5.56 Å². The molecule has 2 aromatic rings. The Morgan fingerprint density at radius 3 is 2.96 bits per heavy atom. The van der Waals surface area contributed by atoms with Crippen LogP contribution < -0.4 is 5.56 Å². The van der Waals surface area contributed by atoms with Crippen LogP contribution >= 0.6 is 11.3 Å². The van der Waals surface area contributed by atoms with Gasteiger partial charge in [-0.25, -0.2) is 4.98 Å².